The van der Waals surface area contributed by atoms with Gasteiger partial charge in [0.05, 0.1) is 10.7 Å². The van der Waals surface area contributed by atoms with E-state index in [1.807, 2.05) is 0 Å². The average Bonchev–Trinajstić information content (AvgIpc) is 3.18. The summed E-state index contributed by atoms with van der Waals surface area (Å²) in [5.41, 5.74) is 1.41. The lowest BCUT2D eigenvalue weighted by molar-refractivity contribution is -0.127. The molecule has 3 fully saturated rings. The molecule has 1 N–H and O–H groups in total. The first-order chi connectivity index (χ1) is 14.1. The lowest BCUT2D eigenvalue weighted by Crippen LogP contribution is -2.58. The van der Waals surface area contributed by atoms with Crippen molar-refractivity contribution in [2.24, 2.45) is 5.92 Å². The number of piperidine rings is 2. The molecular formula is C23H38N4OS. The zero-order chi connectivity index (χ0) is 20.1. The van der Waals surface area contributed by atoms with Gasteiger partial charge in [0.25, 0.3) is 0 Å². The lowest BCUT2D eigenvalue weighted by Gasteiger charge is -2.48. The van der Waals surface area contributed by atoms with Crippen LogP contribution in [0.1, 0.15) is 74.9 Å². The Kier molecular flexibility index (Phi) is 7.25. The van der Waals surface area contributed by atoms with Gasteiger partial charge in [0.2, 0.25) is 5.91 Å². The highest BCUT2D eigenvalue weighted by atomic mass is 32.1. The van der Waals surface area contributed by atoms with E-state index < -0.39 is 0 Å². The second kappa shape index (κ2) is 9.88. The molecule has 1 amide bonds. The van der Waals surface area contributed by atoms with Gasteiger partial charge in [-0.05, 0) is 71.6 Å². The molecule has 0 radical (unpaired) electrons. The molecule has 162 valence electrons. The molecule has 3 heterocycles. The summed E-state index contributed by atoms with van der Waals surface area (Å²) in [5, 5.41) is 6.72. The van der Waals surface area contributed by atoms with Crippen molar-refractivity contribution in [1.29, 1.82) is 0 Å². The molecule has 3 aliphatic rings. The van der Waals surface area contributed by atoms with Crippen molar-refractivity contribution in [3.8, 4) is 0 Å². The monoisotopic (exact) mass is 418 g/mol. The van der Waals surface area contributed by atoms with Crippen molar-refractivity contribution in [3.05, 3.63) is 16.1 Å². The number of rotatable bonds is 6. The van der Waals surface area contributed by atoms with Gasteiger partial charge in [-0.15, -0.1) is 11.3 Å². The fourth-order valence-corrected chi connectivity index (χ4v) is 6.25. The number of nitrogens with zero attached hydrogens (tertiary/aromatic N) is 3. The molecule has 1 aromatic rings. The van der Waals surface area contributed by atoms with Crippen LogP contribution in [-0.4, -0.2) is 59.0 Å². The van der Waals surface area contributed by atoms with Crippen LogP contribution in [0.5, 0.6) is 0 Å². The van der Waals surface area contributed by atoms with Crippen LogP contribution in [0.25, 0.3) is 0 Å². The predicted octanol–water partition coefficient (Wildman–Crippen LogP) is 3.97. The number of thiazole rings is 1. The maximum atomic E-state index is 13.0. The first kappa shape index (κ1) is 21.3. The van der Waals surface area contributed by atoms with Crippen LogP contribution in [0.2, 0.25) is 0 Å². The van der Waals surface area contributed by atoms with Gasteiger partial charge in [-0.3, -0.25) is 14.6 Å². The number of carbonyl (C=O) groups is 1. The van der Waals surface area contributed by atoms with Crippen molar-refractivity contribution in [2.75, 3.05) is 32.7 Å². The number of aryl methyl sites for hydroxylation is 1. The molecule has 0 aromatic carbocycles. The first-order valence-electron chi connectivity index (χ1n) is 11.8. The molecule has 6 heteroatoms. The Hall–Kier alpha value is -0.980. The van der Waals surface area contributed by atoms with E-state index in [0.717, 1.165) is 44.0 Å². The largest absolute Gasteiger partial charge is 0.354 e. The van der Waals surface area contributed by atoms with E-state index in [9.17, 15) is 4.79 Å². The molecule has 0 atom stereocenters. The Morgan fingerprint density at radius 2 is 1.79 bits per heavy atom. The van der Waals surface area contributed by atoms with Crippen molar-refractivity contribution in [3.63, 3.8) is 0 Å². The van der Waals surface area contributed by atoms with Crippen LogP contribution in [-0.2, 0) is 11.3 Å². The molecule has 0 unspecified atom stereocenters. The van der Waals surface area contributed by atoms with Crippen LogP contribution in [0, 0.1) is 12.8 Å². The minimum absolute atomic E-state index is 0.186. The molecule has 0 bridgehead atoms. The maximum Gasteiger partial charge on any atom is 0.223 e. The zero-order valence-corrected chi connectivity index (χ0v) is 18.9. The molecule has 1 aliphatic carbocycles. The van der Waals surface area contributed by atoms with Crippen molar-refractivity contribution in [1.82, 2.24) is 20.1 Å². The van der Waals surface area contributed by atoms with E-state index in [-0.39, 0.29) is 11.5 Å². The summed E-state index contributed by atoms with van der Waals surface area (Å²) >= 11 is 1.72. The summed E-state index contributed by atoms with van der Waals surface area (Å²) in [7, 11) is 0. The minimum atomic E-state index is 0.186. The summed E-state index contributed by atoms with van der Waals surface area (Å²) in [6.07, 6.45) is 12.5. The van der Waals surface area contributed by atoms with Gasteiger partial charge in [0.15, 0.2) is 0 Å². The van der Waals surface area contributed by atoms with Crippen LogP contribution in [0.3, 0.4) is 0 Å². The molecule has 5 nitrogen and oxygen atoms in total. The number of likely N-dealkylation sites (tertiary alicyclic amines) is 2. The van der Waals surface area contributed by atoms with E-state index in [2.05, 4.69) is 32.4 Å². The number of hydrogen-bond donors (Lipinski definition) is 1. The van der Waals surface area contributed by atoms with Crippen LogP contribution >= 0.6 is 11.3 Å². The second-order valence-electron chi connectivity index (χ2n) is 9.46. The fraction of sp³-hybridized carbons (Fsp3) is 0.826. The Balaban J connectivity index is 1.26. The van der Waals surface area contributed by atoms with Gasteiger partial charge in [-0.25, -0.2) is 4.98 Å². The Bertz CT molecular complexity index is 656. The third kappa shape index (κ3) is 5.39. The smallest absolute Gasteiger partial charge is 0.223 e. The molecule has 2 saturated heterocycles. The quantitative estimate of drug-likeness (QED) is 0.759. The number of aromatic nitrogens is 1. The molecule has 0 spiro atoms. The SMILES string of the molecule is Cc1nc(CN2CCC(C(=O)NCC3(N4CCCCC4)CCCCC3)CC2)cs1. The number of carbonyl (C=O) groups excluding carboxylic acids is 1. The highest BCUT2D eigenvalue weighted by molar-refractivity contribution is 7.09. The van der Waals surface area contributed by atoms with Gasteiger partial charge in [-0.1, -0.05) is 25.7 Å². The maximum absolute atomic E-state index is 13.0. The van der Waals surface area contributed by atoms with Gasteiger partial charge >= 0.3 is 0 Å². The molecule has 1 aromatic heterocycles. The Labute approximate surface area is 180 Å². The number of hydrogen-bond acceptors (Lipinski definition) is 5. The van der Waals surface area contributed by atoms with E-state index >= 15 is 0 Å². The van der Waals surface area contributed by atoms with E-state index in [4.69, 9.17) is 0 Å². The Morgan fingerprint density at radius 3 is 2.45 bits per heavy atom. The van der Waals surface area contributed by atoms with Crippen LogP contribution < -0.4 is 5.32 Å². The average molecular weight is 419 g/mol. The zero-order valence-electron chi connectivity index (χ0n) is 18.1. The first-order valence-corrected chi connectivity index (χ1v) is 12.7. The molecule has 29 heavy (non-hydrogen) atoms. The van der Waals surface area contributed by atoms with Gasteiger partial charge < -0.3 is 5.32 Å². The van der Waals surface area contributed by atoms with Crippen molar-refractivity contribution >= 4 is 17.2 Å². The van der Waals surface area contributed by atoms with Crippen LogP contribution in [0.15, 0.2) is 5.38 Å². The third-order valence-corrected chi connectivity index (χ3v) is 8.24. The molecule has 2 aliphatic heterocycles. The molecular weight excluding hydrogens is 380 g/mol. The second-order valence-corrected chi connectivity index (χ2v) is 10.5. The number of nitrogens with one attached hydrogen (secondary N) is 1. The fourth-order valence-electron chi connectivity index (χ4n) is 5.64. The molecule has 1 saturated carbocycles. The highest BCUT2D eigenvalue weighted by Crippen LogP contribution is 2.35. The highest BCUT2D eigenvalue weighted by Gasteiger charge is 2.39. The summed E-state index contributed by atoms with van der Waals surface area (Å²) in [6.45, 7) is 8.32. The van der Waals surface area contributed by atoms with Gasteiger partial charge in [0, 0.05) is 29.9 Å². The summed E-state index contributed by atoms with van der Waals surface area (Å²) < 4.78 is 0. The van der Waals surface area contributed by atoms with E-state index in [1.165, 1.54) is 70.2 Å². The van der Waals surface area contributed by atoms with Gasteiger partial charge in [0.1, 0.15) is 0 Å². The molecule has 4 rings (SSSR count). The third-order valence-electron chi connectivity index (χ3n) is 7.41. The van der Waals surface area contributed by atoms with Crippen LogP contribution in [0.4, 0.5) is 0 Å². The van der Waals surface area contributed by atoms with Crippen molar-refractivity contribution < 1.29 is 4.79 Å². The van der Waals surface area contributed by atoms with E-state index in [0.29, 0.717) is 5.91 Å². The topological polar surface area (TPSA) is 48.5 Å². The predicted molar refractivity (Wildman–Crippen MR) is 119 cm³/mol. The minimum Gasteiger partial charge on any atom is -0.354 e. The summed E-state index contributed by atoms with van der Waals surface area (Å²) in [5.74, 6) is 0.488. The van der Waals surface area contributed by atoms with Crippen molar-refractivity contribution in [2.45, 2.75) is 83.2 Å². The summed E-state index contributed by atoms with van der Waals surface area (Å²) in [4.78, 5) is 22.7. The number of amides is 1. The standard InChI is InChI=1S/C23H38N4OS/c1-19-25-21(17-29-19)16-26-14-8-20(9-15-26)22(28)24-18-23(10-4-2-5-11-23)27-12-6-3-7-13-27/h17,20H,2-16,18H2,1H3,(H,24,28). The van der Waals surface area contributed by atoms with Gasteiger partial charge in [-0.2, -0.15) is 0 Å². The Morgan fingerprint density at radius 1 is 1.10 bits per heavy atom. The van der Waals surface area contributed by atoms with E-state index in [1.54, 1.807) is 11.3 Å². The lowest BCUT2D eigenvalue weighted by atomic mass is 9.79. The summed E-state index contributed by atoms with van der Waals surface area (Å²) in [6, 6.07) is 0. The normalized spacial score (nSPS) is 24.4.